The molecule has 8 heteroatoms. The molecule has 28 heavy (non-hydrogen) atoms. The summed E-state index contributed by atoms with van der Waals surface area (Å²) in [7, 11) is 1.57. The third-order valence-electron chi connectivity index (χ3n) is 5.51. The van der Waals surface area contributed by atoms with E-state index >= 15 is 0 Å². The largest absolute Gasteiger partial charge is 0.494 e. The molecule has 4 rings (SSSR count). The van der Waals surface area contributed by atoms with Gasteiger partial charge in [0.05, 0.1) is 31.2 Å². The molecule has 148 valence electrons. The molecule has 2 aliphatic rings. The van der Waals surface area contributed by atoms with Crippen LogP contribution in [0.3, 0.4) is 0 Å². The molecule has 2 heterocycles. The van der Waals surface area contributed by atoms with Crippen LogP contribution in [0, 0.1) is 0 Å². The Labute approximate surface area is 163 Å². The van der Waals surface area contributed by atoms with Crippen LogP contribution in [0.1, 0.15) is 38.1 Å². The number of anilines is 2. The zero-order valence-electron chi connectivity index (χ0n) is 15.9. The smallest absolute Gasteiger partial charge is 0.319 e. The minimum absolute atomic E-state index is 0.0672. The lowest BCUT2D eigenvalue weighted by molar-refractivity contribution is -0.117. The van der Waals surface area contributed by atoms with Gasteiger partial charge in [-0.15, -0.1) is 0 Å². The second-order valence-corrected chi connectivity index (χ2v) is 7.25. The lowest BCUT2D eigenvalue weighted by Gasteiger charge is -2.23. The van der Waals surface area contributed by atoms with Crippen LogP contribution in [-0.4, -0.2) is 41.2 Å². The Kier molecular flexibility index (Phi) is 5.18. The van der Waals surface area contributed by atoms with Crippen molar-refractivity contribution in [2.45, 2.75) is 44.2 Å². The van der Waals surface area contributed by atoms with E-state index in [2.05, 4.69) is 20.2 Å². The molecule has 1 saturated carbocycles. The molecule has 2 atom stereocenters. The highest BCUT2D eigenvalue weighted by atomic mass is 16.5. The number of urea groups is 1. The average Bonchev–Trinajstić information content (AvgIpc) is 3.43. The van der Waals surface area contributed by atoms with E-state index in [0.717, 1.165) is 31.4 Å². The summed E-state index contributed by atoms with van der Waals surface area (Å²) in [6, 6.07) is 5.42. The maximum absolute atomic E-state index is 12.5. The number of aromatic nitrogens is 2. The van der Waals surface area contributed by atoms with Crippen molar-refractivity contribution in [2.24, 2.45) is 0 Å². The minimum Gasteiger partial charge on any atom is -0.494 e. The number of nitrogens with one attached hydrogen (secondary N) is 2. The first-order chi connectivity index (χ1) is 13.7. The molecular weight excluding hydrogens is 358 g/mol. The number of carbonyl (C=O) groups is 2. The zero-order chi connectivity index (χ0) is 19.5. The van der Waals surface area contributed by atoms with Gasteiger partial charge in [0.2, 0.25) is 5.91 Å². The number of hydrogen-bond acceptors (Lipinski definition) is 4. The first kappa shape index (κ1) is 18.3. The molecule has 8 nitrogen and oxygen atoms in total. The molecule has 1 aromatic carbocycles. The number of methoxy groups -OCH3 is 1. The van der Waals surface area contributed by atoms with Crippen LogP contribution >= 0.6 is 0 Å². The van der Waals surface area contributed by atoms with Crippen LogP contribution in [0.4, 0.5) is 16.2 Å². The highest BCUT2D eigenvalue weighted by molar-refractivity contribution is 5.97. The predicted octanol–water partition coefficient (Wildman–Crippen LogP) is 2.93. The van der Waals surface area contributed by atoms with E-state index in [-0.39, 0.29) is 24.0 Å². The Balaban J connectivity index is 1.42. The molecule has 2 N–H and O–H groups in total. The van der Waals surface area contributed by atoms with Gasteiger partial charge in [-0.1, -0.05) is 0 Å². The van der Waals surface area contributed by atoms with Gasteiger partial charge in [-0.3, -0.25) is 4.79 Å². The monoisotopic (exact) mass is 383 g/mol. The summed E-state index contributed by atoms with van der Waals surface area (Å²) < 4.78 is 7.51. The van der Waals surface area contributed by atoms with Crippen molar-refractivity contribution in [3.8, 4) is 5.75 Å². The topological polar surface area (TPSA) is 88.5 Å². The fourth-order valence-corrected chi connectivity index (χ4v) is 4.15. The molecule has 1 aromatic heterocycles. The summed E-state index contributed by atoms with van der Waals surface area (Å²) >= 11 is 0. The summed E-state index contributed by atoms with van der Waals surface area (Å²) in [4.78, 5) is 30.4. The SMILES string of the molecule is COc1cc(NC(=O)NC2CCCC2n2ccnc2)ccc1N1CCCC1=O. The molecule has 2 fully saturated rings. The number of rotatable bonds is 5. The lowest BCUT2D eigenvalue weighted by Crippen LogP contribution is -2.40. The molecular formula is C20H25N5O3. The molecule has 0 spiro atoms. The Hall–Kier alpha value is -3.03. The summed E-state index contributed by atoms with van der Waals surface area (Å²) in [5.41, 5.74) is 1.37. The van der Waals surface area contributed by atoms with Crippen LogP contribution in [0.5, 0.6) is 5.75 Å². The van der Waals surface area contributed by atoms with E-state index in [1.54, 1.807) is 36.7 Å². The lowest BCUT2D eigenvalue weighted by atomic mass is 10.2. The predicted molar refractivity (Wildman–Crippen MR) is 106 cm³/mol. The fraction of sp³-hybridized carbons (Fsp3) is 0.450. The molecule has 2 aromatic rings. The zero-order valence-corrected chi connectivity index (χ0v) is 15.9. The van der Waals surface area contributed by atoms with Gasteiger partial charge in [-0.2, -0.15) is 0 Å². The van der Waals surface area contributed by atoms with E-state index in [9.17, 15) is 9.59 Å². The molecule has 0 radical (unpaired) electrons. The Morgan fingerprint density at radius 2 is 2.18 bits per heavy atom. The van der Waals surface area contributed by atoms with E-state index in [0.29, 0.717) is 24.4 Å². The summed E-state index contributed by atoms with van der Waals surface area (Å²) in [6.07, 6.45) is 9.93. The number of amides is 3. The standard InChI is InChI=1S/C20H25N5O3/c1-28-18-12-14(7-8-17(18)25-10-3-6-19(25)26)22-20(27)23-15-4-2-5-16(15)24-11-9-21-13-24/h7-9,11-13,15-16H,2-6,10H2,1H3,(H2,22,23,27). The van der Waals surface area contributed by atoms with E-state index in [4.69, 9.17) is 4.74 Å². The maximum atomic E-state index is 12.5. The van der Waals surface area contributed by atoms with Gasteiger partial charge in [0.15, 0.2) is 0 Å². The van der Waals surface area contributed by atoms with Crippen LogP contribution < -0.4 is 20.3 Å². The van der Waals surface area contributed by atoms with Crippen molar-refractivity contribution in [3.05, 3.63) is 36.9 Å². The van der Waals surface area contributed by atoms with Gasteiger partial charge in [0.1, 0.15) is 5.75 Å². The Bertz CT molecular complexity index is 852. The fourth-order valence-electron chi connectivity index (χ4n) is 4.15. The maximum Gasteiger partial charge on any atom is 0.319 e. The molecule has 1 aliphatic heterocycles. The van der Waals surface area contributed by atoms with Crippen molar-refractivity contribution in [3.63, 3.8) is 0 Å². The minimum atomic E-state index is -0.246. The third kappa shape index (κ3) is 3.67. The van der Waals surface area contributed by atoms with Gasteiger partial charge < -0.3 is 24.8 Å². The molecule has 1 saturated heterocycles. The number of ether oxygens (including phenoxy) is 1. The summed E-state index contributed by atoms with van der Waals surface area (Å²) in [6.45, 7) is 0.694. The van der Waals surface area contributed by atoms with Gasteiger partial charge in [0.25, 0.3) is 0 Å². The molecule has 2 unspecified atom stereocenters. The van der Waals surface area contributed by atoms with Crippen molar-refractivity contribution in [2.75, 3.05) is 23.9 Å². The second kappa shape index (κ2) is 7.92. The van der Waals surface area contributed by atoms with Gasteiger partial charge >= 0.3 is 6.03 Å². The first-order valence-electron chi connectivity index (χ1n) is 9.69. The van der Waals surface area contributed by atoms with Crippen molar-refractivity contribution >= 4 is 23.3 Å². The molecule has 1 aliphatic carbocycles. The molecule has 0 bridgehead atoms. The number of carbonyl (C=O) groups excluding carboxylic acids is 2. The highest BCUT2D eigenvalue weighted by Crippen LogP contribution is 2.34. The summed E-state index contributed by atoms with van der Waals surface area (Å²) in [5.74, 6) is 0.675. The normalized spacial score (nSPS) is 21.8. The highest BCUT2D eigenvalue weighted by Gasteiger charge is 2.30. The van der Waals surface area contributed by atoms with Crippen LogP contribution in [-0.2, 0) is 4.79 Å². The van der Waals surface area contributed by atoms with E-state index < -0.39 is 0 Å². The van der Waals surface area contributed by atoms with E-state index in [1.807, 2.05) is 12.3 Å². The summed E-state index contributed by atoms with van der Waals surface area (Å²) in [5, 5.41) is 5.96. The number of imidazole rings is 1. The number of nitrogens with zero attached hydrogens (tertiary/aromatic N) is 3. The quantitative estimate of drug-likeness (QED) is 0.831. The molecule has 3 amide bonds. The van der Waals surface area contributed by atoms with Crippen LogP contribution in [0.25, 0.3) is 0 Å². The Morgan fingerprint density at radius 1 is 1.29 bits per heavy atom. The average molecular weight is 383 g/mol. The second-order valence-electron chi connectivity index (χ2n) is 7.25. The number of hydrogen-bond donors (Lipinski definition) is 2. The third-order valence-corrected chi connectivity index (χ3v) is 5.51. The Morgan fingerprint density at radius 3 is 2.89 bits per heavy atom. The van der Waals surface area contributed by atoms with Crippen molar-refractivity contribution in [1.82, 2.24) is 14.9 Å². The van der Waals surface area contributed by atoms with Gasteiger partial charge in [0, 0.05) is 37.1 Å². The van der Waals surface area contributed by atoms with Crippen LogP contribution in [0.15, 0.2) is 36.9 Å². The first-order valence-corrected chi connectivity index (χ1v) is 9.69. The van der Waals surface area contributed by atoms with Gasteiger partial charge in [-0.25, -0.2) is 9.78 Å². The van der Waals surface area contributed by atoms with Crippen molar-refractivity contribution < 1.29 is 14.3 Å². The van der Waals surface area contributed by atoms with Gasteiger partial charge in [-0.05, 0) is 37.8 Å². The van der Waals surface area contributed by atoms with Crippen molar-refractivity contribution in [1.29, 1.82) is 0 Å². The van der Waals surface area contributed by atoms with Crippen LogP contribution in [0.2, 0.25) is 0 Å². The van der Waals surface area contributed by atoms with E-state index in [1.165, 1.54) is 0 Å². The number of benzene rings is 1.